The molecule has 2 aromatic rings. The molecule has 6 nitrogen and oxygen atoms in total. The Morgan fingerprint density at radius 2 is 1.83 bits per heavy atom. The lowest BCUT2D eigenvalue weighted by Crippen LogP contribution is -2.47. The normalized spacial score (nSPS) is 16.9. The van der Waals surface area contributed by atoms with Crippen molar-refractivity contribution in [2.24, 2.45) is 0 Å². The first kappa shape index (κ1) is 16.9. The Hall–Kier alpha value is -1.96. The van der Waals surface area contributed by atoms with E-state index in [-0.39, 0.29) is 4.90 Å². The van der Waals surface area contributed by atoms with Crippen LogP contribution in [0.2, 0.25) is 0 Å². The molecule has 0 bridgehead atoms. The van der Waals surface area contributed by atoms with E-state index in [1.54, 1.807) is 12.1 Å². The van der Waals surface area contributed by atoms with Gasteiger partial charge in [0.15, 0.2) is 0 Å². The van der Waals surface area contributed by atoms with Crippen LogP contribution in [0.15, 0.2) is 47.5 Å². The maximum absolute atomic E-state index is 12.7. The van der Waals surface area contributed by atoms with Crippen LogP contribution < -0.4 is 5.32 Å². The molecule has 0 unspecified atom stereocenters. The average molecular weight is 346 g/mol. The summed E-state index contributed by atoms with van der Waals surface area (Å²) in [6.45, 7) is 4.55. The molecule has 2 heterocycles. The van der Waals surface area contributed by atoms with Crippen molar-refractivity contribution < 1.29 is 8.42 Å². The maximum atomic E-state index is 12.7. The first-order valence-corrected chi connectivity index (χ1v) is 9.37. The average Bonchev–Trinajstić information content (AvgIpc) is 2.56. The highest BCUT2D eigenvalue weighted by Crippen LogP contribution is 2.20. The lowest BCUT2D eigenvalue weighted by molar-refractivity contribution is 0.222. The summed E-state index contributed by atoms with van der Waals surface area (Å²) in [5.41, 5.74) is 2.08. The van der Waals surface area contributed by atoms with Gasteiger partial charge in [-0.05, 0) is 43.8 Å². The lowest BCUT2D eigenvalue weighted by Gasteiger charge is -2.31. The van der Waals surface area contributed by atoms with Crippen LogP contribution in [-0.4, -0.2) is 55.8 Å². The molecule has 24 heavy (non-hydrogen) atoms. The fourth-order valence-electron chi connectivity index (χ4n) is 2.66. The lowest BCUT2D eigenvalue weighted by atomic mass is 10.2. The quantitative estimate of drug-likeness (QED) is 0.918. The number of aromatic nitrogens is 1. The molecule has 0 aliphatic carbocycles. The van der Waals surface area contributed by atoms with Gasteiger partial charge in [-0.1, -0.05) is 12.1 Å². The summed E-state index contributed by atoms with van der Waals surface area (Å²) < 4.78 is 26.8. The van der Waals surface area contributed by atoms with Crippen molar-refractivity contribution in [3.63, 3.8) is 0 Å². The van der Waals surface area contributed by atoms with Gasteiger partial charge in [0, 0.05) is 38.1 Å². The summed E-state index contributed by atoms with van der Waals surface area (Å²) >= 11 is 0. The molecule has 1 aromatic carbocycles. The van der Waals surface area contributed by atoms with Crippen LogP contribution in [0.4, 0.5) is 11.5 Å². The standard InChI is InChI=1S/C17H22N4O2S/c1-14-4-3-5-15(12-14)19-17-7-6-16(13-18-17)24(22,23)21-10-8-20(2)9-11-21/h3-7,12-13H,8-11H2,1-2H3,(H,18,19). The monoisotopic (exact) mass is 346 g/mol. The van der Waals surface area contributed by atoms with Gasteiger partial charge in [-0.3, -0.25) is 0 Å². The highest BCUT2D eigenvalue weighted by atomic mass is 32.2. The Morgan fingerprint density at radius 3 is 2.46 bits per heavy atom. The van der Waals surface area contributed by atoms with E-state index in [1.807, 2.05) is 38.2 Å². The molecule has 0 atom stereocenters. The first-order chi connectivity index (χ1) is 11.4. The van der Waals surface area contributed by atoms with Gasteiger partial charge in [0.05, 0.1) is 0 Å². The van der Waals surface area contributed by atoms with Crippen molar-refractivity contribution in [1.29, 1.82) is 0 Å². The summed E-state index contributed by atoms with van der Waals surface area (Å²) in [5, 5.41) is 3.18. The number of hydrogen-bond acceptors (Lipinski definition) is 5. The highest BCUT2D eigenvalue weighted by molar-refractivity contribution is 7.89. The van der Waals surface area contributed by atoms with Crippen LogP contribution in [0.5, 0.6) is 0 Å². The molecule has 0 radical (unpaired) electrons. The Labute approximate surface area is 143 Å². The number of pyridine rings is 1. The van der Waals surface area contributed by atoms with Gasteiger partial charge < -0.3 is 10.2 Å². The number of sulfonamides is 1. The molecule has 3 rings (SSSR count). The number of likely N-dealkylation sites (N-methyl/N-ethyl adjacent to an activating group) is 1. The summed E-state index contributed by atoms with van der Waals surface area (Å²) in [4.78, 5) is 6.61. The fourth-order valence-corrected chi connectivity index (χ4v) is 4.02. The molecule has 1 saturated heterocycles. The van der Waals surface area contributed by atoms with Crippen molar-refractivity contribution in [2.75, 3.05) is 38.5 Å². The molecule has 128 valence electrons. The van der Waals surface area contributed by atoms with Crippen LogP contribution in [-0.2, 0) is 10.0 Å². The van der Waals surface area contributed by atoms with Crippen LogP contribution in [0.1, 0.15) is 5.56 Å². The van der Waals surface area contributed by atoms with Crippen molar-refractivity contribution >= 4 is 21.5 Å². The number of piperazine rings is 1. The Kier molecular flexibility index (Phi) is 4.84. The zero-order chi connectivity index (χ0) is 17.2. The third-order valence-corrected chi connectivity index (χ3v) is 6.01. The van der Waals surface area contributed by atoms with Gasteiger partial charge in [0.2, 0.25) is 10.0 Å². The first-order valence-electron chi connectivity index (χ1n) is 7.93. The molecule has 1 aromatic heterocycles. The van der Waals surface area contributed by atoms with E-state index in [0.717, 1.165) is 24.3 Å². The Morgan fingerprint density at radius 1 is 1.08 bits per heavy atom. The predicted molar refractivity (Wildman–Crippen MR) is 95.0 cm³/mol. The smallest absolute Gasteiger partial charge is 0.244 e. The molecule has 7 heteroatoms. The fraction of sp³-hybridized carbons (Fsp3) is 0.353. The second-order valence-electron chi connectivity index (χ2n) is 6.08. The topological polar surface area (TPSA) is 65.5 Å². The van der Waals surface area contributed by atoms with Crippen molar-refractivity contribution in [3.8, 4) is 0 Å². The van der Waals surface area contributed by atoms with Gasteiger partial charge in [0.1, 0.15) is 10.7 Å². The number of benzene rings is 1. The molecule has 1 aliphatic heterocycles. The zero-order valence-electron chi connectivity index (χ0n) is 13.9. The number of aryl methyl sites for hydroxylation is 1. The minimum absolute atomic E-state index is 0.238. The van der Waals surface area contributed by atoms with Crippen LogP contribution >= 0.6 is 0 Å². The third kappa shape index (κ3) is 3.75. The minimum Gasteiger partial charge on any atom is -0.340 e. The SMILES string of the molecule is Cc1cccc(Nc2ccc(S(=O)(=O)N3CCN(C)CC3)cn2)c1. The number of anilines is 2. The molecule has 0 spiro atoms. The number of rotatable bonds is 4. The van der Waals surface area contributed by atoms with E-state index >= 15 is 0 Å². The van der Waals surface area contributed by atoms with E-state index in [1.165, 1.54) is 10.5 Å². The van der Waals surface area contributed by atoms with E-state index in [4.69, 9.17) is 0 Å². The van der Waals surface area contributed by atoms with Gasteiger partial charge in [-0.2, -0.15) is 4.31 Å². The molecule has 0 amide bonds. The molecule has 1 aliphatic rings. The Bertz CT molecular complexity index is 798. The summed E-state index contributed by atoms with van der Waals surface area (Å²) in [6.07, 6.45) is 1.42. The van der Waals surface area contributed by atoms with Gasteiger partial charge in [-0.15, -0.1) is 0 Å². The number of nitrogens with one attached hydrogen (secondary N) is 1. The van der Waals surface area contributed by atoms with E-state index < -0.39 is 10.0 Å². The summed E-state index contributed by atoms with van der Waals surface area (Å²) in [5.74, 6) is 0.623. The van der Waals surface area contributed by atoms with E-state index in [9.17, 15) is 8.42 Å². The van der Waals surface area contributed by atoms with Crippen LogP contribution in [0.25, 0.3) is 0 Å². The van der Waals surface area contributed by atoms with Gasteiger partial charge >= 0.3 is 0 Å². The Balaban J connectivity index is 1.74. The second kappa shape index (κ2) is 6.88. The largest absolute Gasteiger partial charge is 0.340 e. The predicted octanol–water partition coefficient (Wildman–Crippen LogP) is 2.07. The highest BCUT2D eigenvalue weighted by Gasteiger charge is 2.27. The van der Waals surface area contributed by atoms with Crippen molar-refractivity contribution in [2.45, 2.75) is 11.8 Å². The van der Waals surface area contributed by atoms with Crippen molar-refractivity contribution in [1.82, 2.24) is 14.2 Å². The van der Waals surface area contributed by atoms with E-state index in [2.05, 4.69) is 15.2 Å². The minimum atomic E-state index is -3.47. The van der Waals surface area contributed by atoms with Gasteiger partial charge in [-0.25, -0.2) is 13.4 Å². The number of hydrogen-bond donors (Lipinski definition) is 1. The van der Waals surface area contributed by atoms with Crippen molar-refractivity contribution in [3.05, 3.63) is 48.2 Å². The van der Waals surface area contributed by atoms with Crippen LogP contribution in [0, 0.1) is 6.92 Å². The molecule has 1 N–H and O–H groups in total. The molecule has 1 fully saturated rings. The maximum Gasteiger partial charge on any atom is 0.244 e. The molecular weight excluding hydrogens is 324 g/mol. The summed E-state index contributed by atoms with van der Waals surface area (Å²) in [7, 11) is -1.47. The molecule has 0 saturated carbocycles. The molecular formula is C17H22N4O2S. The summed E-state index contributed by atoms with van der Waals surface area (Å²) in [6, 6.07) is 11.2. The third-order valence-electron chi connectivity index (χ3n) is 4.13. The zero-order valence-corrected chi connectivity index (χ0v) is 14.8. The second-order valence-corrected chi connectivity index (χ2v) is 8.02. The van der Waals surface area contributed by atoms with Gasteiger partial charge in [0.25, 0.3) is 0 Å². The number of nitrogens with zero attached hydrogens (tertiary/aromatic N) is 3. The van der Waals surface area contributed by atoms with Crippen LogP contribution in [0.3, 0.4) is 0 Å². The van der Waals surface area contributed by atoms with E-state index in [0.29, 0.717) is 18.9 Å².